The Labute approximate surface area is 124 Å². The second kappa shape index (κ2) is 5.95. The van der Waals surface area contributed by atoms with Crippen LogP contribution in [0.15, 0.2) is 41.1 Å². The molecule has 0 bridgehead atoms. The van der Waals surface area contributed by atoms with Crippen LogP contribution in [0.25, 0.3) is 22.4 Å². The molecular weight excluding hydrogens is 262 g/mol. The van der Waals surface area contributed by atoms with E-state index in [1.807, 2.05) is 30.3 Å². The van der Waals surface area contributed by atoms with Gasteiger partial charge in [0, 0.05) is 17.5 Å². The fraction of sp³-hybridized carbons (Fsp3) is 0.294. The number of anilines is 1. The second-order valence-electron chi connectivity index (χ2n) is 4.98. The average Bonchev–Trinajstić information content (AvgIpc) is 2.96. The van der Waals surface area contributed by atoms with Crippen molar-refractivity contribution in [2.24, 2.45) is 0 Å². The van der Waals surface area contributed by atoms with Crippen LogP contribution in [0.1, 0.15) is 25.8 Å². The number of para-hydroxylation sites is 1. The zero-order valence-corrected chi connectivity index (χ0v) is 12.4. The fourth-order valence-electron chi connectivity index (χ4n) is 2.45. The molecule has 108 valence electrons. The van der Waals surface area contributed by atoms with Gasteiger partial charge in [0.15, 0.2) is 5.76 Å². The van der Waals surface area contributed by atoms with Gasteiger partial charge < -0.3 is 9.73 Å². The van der Waals surface area contributed by atoms with Crippen LogP contribution in [0.5, 0.6) is 0 Å². The molecule has 21 heavy (non-hydrogen) atoms. The molecule has 0 unspecified atom stereocenters. The Balaban J connectivity index is 2.08. The maximum atomic E-state index is 5.94. The Morgan fingerprint density at radius 3 is 2.76 bits per heavy atom. The molecule has 0 saturated carbocycles. The van der Waals surface area contributed by atoms with Crippen LogP contribution in [-0.4, -0.2) is 16.5 Å². The minimum absolute atomic E-state index is 0.801. The van der Waals surface area contributed by atoms with E-state index in [1.165, 1.54) is 0 Å². The predicted octanol–water partition coefficient (Wildman–Crippen LogP) is 4.27. The Hall–Kier alpha value is -2.36. The monoisotopic (exact) mass is 281 g/mol. The molecule has 2 aromatic heterocycles. The number of hydrogen-bond donors (Lipinski definition) is 1. The van der Waals surface area contributed by atoms with E-state index in [0.29, 0.717) is 0 Å². The lowest BCUT2D eigenvalue weighted by Gasteiger charge is -2.11. The topological polar surface area (TPSA) is 51.0 Å². The van der Waals surface area contributed by atoms with E-state index < -0.39 is 0 Å². The van der Waals surface area contributed by atoms with E-state index in [1.54, 1.807) is 6.33 Å². The summed E-state index contributed by atoms with van der Waals surface area (Å²) in [6, 6.07) is 10.1. The van der Waals surface area contributed by atoms with Crippen molar-refractivity contribution >= 4 is 16.8 Å². The van der Waals surface area contributed by atoms with Crippen LogP contribution in [-0.2, 0) is 6.42 Å². The number of nitrogens with zero attached hydrogens (tertiary/aromatic N) is 2. The van der Waals surface area contributed by atoms with Crippen molar-refractivity contribution in [1.29, 1.82) is 0 Å². The molecule has 0 spiro atoms. The Bertz CT molecular complexity index is 716. The van der Waals surface area contributed by atoms with Crippen molar-refractivity contribution in [3.8, 4) is 11.5 Å². The summed E-state index contributed by atoms with van der Waals surface area (Å²) in [6.45, 7) is 5.16. The third kappa shape index (κ3) is 2.61. The third-order valence-electron chi connectivity index (χ3n) is 3.50. The predicted molar refractivity (Wildman–Crippen MR) is 85.4 cm³/mol. The number of rotatable bonds is 5. The van der Waals surface area contributed by atoms with Gasteiger partial charge in [-0.2, -0.15) is 0 Å². The summed E-state index contributed by atoms with van der Waals surface area (Å²) < 4.78 is 5.94. The smallest absolute Gasteiger partial charge is 0.154 e. The van der Waals surface area contributed by atoms with Gasteiger partial charge in [0.25, 0.3) is 0 Å². The lowest BCUT2D eigenvalue weighted by Crippen LogP contribution is -2.07. The SMILES string of the molecule is CCCNc1ncnc(-c2cc3ccccc3o2)c1CC. The summed E-state index contributed by atoms with van der Waals surface area (Å²) in [5.41, 5.74) is 2.86. The lowest BCUT2D eigenvalue weighted by molar-refractivity contribution is 0.627. The minimum Gasteiger partial charge on any atom is -0.454 e. The van der Waals surface area contributed by atoms with Gasteiger partial charge in [-0.05, 0) is 25.0 Å². The Morgan fingerprint density at radius 1 is 1.14 bits per heavy atom. The van der Waals surface area contributed by atoms with Crippen molar-refractivity contribution in [1.82, 2.24) is 9.97 Å². The van der Waals surface area contributed by atoms with Gasteiger partial charge in [-0.1, -0.05) is 32.0 Å². The summed E-state index contributed by atoms with van der Waals surface area (Å²) in [5.74, 6) is 1.71. The molecule has 0 aliphatic heterocycles. The maximum Gasteiger partial charge on any atom is 0.154 e. The molecule has 0 saturated heterocycles. The number of aromatic nitrogens is 2. The fourth-order valence-corrected chi connectivity index (χ4v) is 2.45. The Kier molecular flexibility index (Phi) is 3.86. The van der Waals surface area contributed by atoms with Crippen LogP contribution in [0, 0.1) is 0 Å². The molecule has 2 heterocycles. The second-order valence-corrected chi connectivity index (χ2v) is 4.98. The van der Waals surface area contributed by atoms with E-state index >= 15 is 0 Å². The number of nitrogens with one attached hydrogen (secondary N) is 1. The number of benzene rings is 1. The quantitative estimate of drug-likeness (QED) is 0.758. The van der Waals surface area contributed by atoms with Gasteiger partial charge in [-0.3, -0.25) is 0 Å². The first-order valence-electron chi connectivity index (χ1n) is 7.40. The molecule has 4 heteroatoms. The molecule has 0 amide bonds. The molecule has 3 rings (SSSR count). The van der Waals surface area contributed by atoms with Gasteiger partial charge in [-0.25, -0.2) is 9.97 Å². The Morgan fingerprint density at radius 2 is 2.00 bits per heavy atom. The van der Waals surface area contributed by atoms with E-state index in [9.17, 15) is 0 Å². The maximum absolute atomic E-state index is 5.94. The van der Waals surface area contributed by atoms with Crippen molar-refractivity contribution in [3.63, 3.8) is 0 Å². The van der Waals surface area contributed by atoms with Crippen LogP contribution >= 0.6 is 0 Å². The van der Waals surface area contributed by atoms with Gasteiger partial charge in [0.05, 0.1) is 0 Å². The standard InChI is InChI=1S/C17H19N3O/c1-3-9-18-17-13(4-2)16(19-11-20-17)15-10-12-7-5-6-8-14(12)21-15/h5-8,10-11H,3-4,9H2,1-2H3,(H,18,19,20). The molecule has 1 aromatic carbocycles. The molecule has 0 radical (unpaired) electrons. The van der Waals surface area contributed by atoms with Crippen LogP contribution in [0.2, 0.25) is 0 Å². The first-order chi connectivity index (χ1) is 10.3. The number of hydrogen-bond acceptors (Lipinski definition) is 4. The zero-order chi connectivity index (χ0) is 14.7. The van der Waals surface area contributed by atoms with Crippen molar-refractivity contribution < 1.29 is 4.42 Å². The highest BCUT2D eigenvalue weighted by atomic mass is 16.3. The minimum atomic E-state index is 0.801. The van der Waals surface area contributed by atoms with E-state index in [4.69, 9.17) is 4.42 Å². The first-order valence-corrected chi connectivity index (χ1v) is 7.40. The molecule has 4 nitrogen and oxygen atoms in total. The van der Waals surface area contributed by atoms with Crippen LogP contribution in [0.3, 0.4) is 0 Å². The van der Waals surface area contributed by atoms with Gasteiger partial charge in [0.2, 0.25) is 0 Å². The molecule has 0 fully saturated rings. The average molecular weight is 281 g/mol. The molecular formula is C17H19N3O. The lowest BCUT2D eigenvalue weighted by atomic mass is 10.1. The highest BCUT2D eigenvalue weighted by Crippen LogP contribution is 2.31. The summed E-state index contributed by atoms with van der Waals surface area (Å²) in [6.07, 6.45) is 3.52. The summed E-state index contributed by atoms with van der Waals surface area (Å²) in [4.78, 5) is 8.80. The third-order valence-corrected chi connectivity index (χ3v) is 3.50. The van der Waals surface area contributed by atoms with Gasteiger partial charge in [-0.15, -0.1) is 0 Å². The van der Waals surface area contributed by atoms with E-state index in [2.05, 4.69) is 29.1 Å². The molecule has 1 N–H and O–H groups in total. The normalized spacial score (nSPS) is 11.0. The zero-order valence-electron chi connectivity index (χ0n) is 12.4. The van der Waals surface area contributed by atoms with Crippen molar-refractivity contribution in [3.05, 3.63) is 42.2 Å². The molecule has 0 aliphatic rings. The number of fused-ring (bicyclic) bond motifs is 1. The van der Waals surface area contributed by atoms with Crippen molar-refractivity contribution in [2.45, 2.75) is 26.7 Å². The number of furan rings is 1. The molecule has 0 aliphatic carbocycles. The van der Waals surface area contributed by atoms with Crippen LogP contribution in [0.4, 0.5) is 5.82 Å². The first kappa shape index (κ1) is 13.6. The largest absolute Gasteiger partial charge is 0.454 e. The van der Waals surface area contributed by atoms with Gasteiger partial charge >= 0.3 is 0 Å². The van der Waals surface area contributed by atoms with Crippen LogP contribution < -0.4 is 5.32 Å². The summed E-state index contributed by atoms with van der Waals surface area (Å²) >= 11 is 0. The highest BCUT2D eigenvalue weighted by Gasteiger charge is 2.15. The van der Waals surface area contributed by atoms with E-state index in [0.717, 1.165) is 53.2 Å². The van der Waals surface area contributed by atoms with Gasteiger partial charge in [0.1, 0.15) is 23.4 Å². The summed E-state index contributed by atoms with van der Waals surface area (Å²) in [5, 5.41) is 4.46. The summed E-state index contributed by atoms with van der Waals surface area (Å²) in [7, 11) is 0. The molecule has 0 atom stereocenters. The highest BCUT2D eigenvalue weighted by molar-refractivity contribution is 5.83. The van der Waals surface area contributed by atoms with Crippen molar-refractivity contribution in [2.75, 3.05) is 11.9 Å². The van der Waals surface area contributed by atoms with E-state index in [-0.39, 0.29) is 0 Å². The molecule has 3 aromatic rings.